The molecule has 1 saturated carbocycles. The highest BCUT2D eigenvalue weighted by molar-refractivity contribution is 6.15. The molecule has 4 nitrogen and oxygen atoms in total. The Labute approximate surface area is 179 Å². The summed E-state index contributed by atoms with van der Waals surface area (Å²) in [6.45, 7) is 5.57. The standard InChI is InChI=1S/C15H16N2O.C11H15N/c1-3-5-6-12(4-2)15(17)13-9-11(10-18)7-8-14(13)16;1-12-11(10-7-8-10)9-5-3-2-4-6-9/h3-10,17H,2,16H2,1H3;2-6,10-12H,7-8H2,1H3/b5-3-,12-6+,17-15?;. The molecule has 0 saturated heterocycles. The molecule has 0 bridgehead atoms. The van der Waals surface area contributed by atoms with Gasteiger partial charge in [0.25, 0.3) is 0 Å². The summed E-state index contributed by atoms with van der Waals surface area (Å²) in [6.07, 6.45) is 10.6. The molecule has 0 amide bonds. The van der Waals surface area contributed by atoms with Gasteiger partial charge in [0.1, 0.15) is 6.29 Å². The second-order valence-electron chi connectivity index (χ2n) is 7.21. The van der Waals surface area contributed by atoms with Crippen LogP contribution in [0, 0.1) is 11.3 Å². The summed E-state index contributed by atoms with van der Waals surface area (Å²) in [5.74, 6) is 0.886. The molecule has 156 valence electrons. The van der Waals surface area contributed by atoms with E-state index in [2.05, 4.69) is 49.3 Å². The van der Waals surface area contributed by atoms with E-state index in [0.29, 0.717) is 28.4 Å². The number of nitrogens with two attached hydrogens (primary N) is 1. The fourth-order valence-electron chi connectivity index (χ4n) is 3.24. The van der Waals surface area contributed by atoms with Crippen molar-refractivity contribution in [3.05, 3.63) is 102 Å². The van der Waals surface area contributed by atoms with Gasteiger partial charge in [-0.1, -0.05) is 61.2 Å². The number of anilines is 1. The minimum Gasteiger partial charge on any atom is -0.398 e. The quantitative estimate of drug-likeness (QED) is 0.237. The van der Waals surface area contributed by atoms with Crippen LogP contribution in [0.2, 0.25) is 0 Å². The summed E-state index contributed by atoms with van der Waals surface area (Å²) < 4.78 is 0. The molecule has 1 atom stereocenters. The van der Waals surface area contributed by atoms with Crippen molar-refractivity contribution in [1.82, 2.24) is 5.32 Å². The average Bonchev–Trinajstić information content (AvgIpc) is 3.61. The number of nitrogens with one attached hydrogen (secondary N) is 2. The molecule has 1 aliphatic rings. The molecule has 2 aromatic carbocycles. The molecule has 3 rings (SSSR count). The van der Waals surface area contributed by atoms with E-state index >= 15 is 0 Å². The third-order valence-corrected chi connectivity index (χ3v) is 5.02. The molecule has 4 N–H and O–H groups in total. The van der Waals surface area contributed by atoms with Crippen LogP contribution >= 0.6 is 0 Å². The topological polar surface area (TPSA) is 79.0 Å². The van der Waals surface area contributed by atoms with E-state index in [4.69, 9.17) is 11.1 Å². The van der Waals surface area contributed by atoms with Gasteiger partial charge in [-0.05, 0) is 62.1 Å². The number of carbonyl (C=O) groups is 1. The van der Waals surface area contributed by atoms with Crippen LogP contribution in [0.3, 0.4) is 0 Å². The fourth-order valence-corrected chi connectivity index (χ4v) is 3.24. The maximum absolute atomic E-state index is 10.7. The highest BCUT2D eigenvalue weighted by Gasteiger charge is 2.30. The molecule has 4 heteroatoms. The fraction of sp³-hybridized carbons (Fsp3) is 0.231. The van der Waals surface area contributed by atoms with Gasteiger partial charge in [-0.25, -0.2) is 0 Å². The van der Waals surface area contributed by atoms with Crippen molar-refractivity contribution >= 4 is 17.7 Å². The van der Waals surface area contributed by atoms with Gasteiger partial charge in [0.05, 0.1) is 5.71 Å². The van der Waals surface area contributed by atoms with E-state index < -0.39 is 0 Å². The van der Waals surface area contributed by atoms with Crippen LogP contribution in [-0.2, 0) is 0 Å². The highest BCUT2D eigenvalue weighted by atomic mass is 16.1. The maximum Gasteiger partial charge on any atom is 0.150 e. The average molecular weight is 402 g/mol. The largest absolute Gasteiger partial charge is 0.398 e. The lowest BCUT2D eigenvalue weighted by Crippen LogP contribution is -2.17. The Balaban J connectivity index is 0.000000230. The Kier molecular flexibility index (Phi) is 8.98. The summed E-state index contributed by atoms with van der Waals surface area (Å²) in [7, 11) is 2.05. The first-order valence-corrected chi connectivity index (χ1v) is 10.2. The molecule has 0 spiro atoms. The van der Waals surface area contributed by atoms with Crippen LogP contribution in [0.1, 0.15) is 47.3 Å². The van der Waals surface area contributed by atoms with E-state index in [1.165, 1.54) is 18.4 Å². The number of hydrogen-bond donors (Lipinski definition) is 3. The molecule has 30 heavy (non-hydrogen) atoms. The first kappa shape index (κ1) is 23.0. The number of rotatable bonds is 8. The van der Waals surface area contributed by atoms with Crippen molar-refractivity contribution in [2.75, 3.05) is 12.8 Å². The third-order valence-electron chi connectivity index (χ3n) is 5.02. The Bertz CT molecular complexity index is 925. The maximum atomic E-state index is 10.7. The predicted molar refractivity (Wildman–Crippen MR) is 127 cm³/mol. The summed E-state index contributed by atoms with van der Waals surface area (Å²) >= 11 is 0. The van der Waals surface area contributed by atoms with Crippen molar-refractivity contribution in [1.29, 1.82) is 5.41 Å². The van der Waals surface area contributed by atoms with Crippen LogP contribution in [0.15, 0.2) is 85.0 Å². The van der Waals surface area contributed by atoms with Crippen molar-refractivity contribution in [2.24, 2.45) is 5.92 Å². The number of carbonyl (C=O) groups excluding carboxylic acids is 1. The molecule has 1 aliphatic carbocycles. The minimum atomic E-state index is 0.254. The second-order valence-corrected chi connectivity index (χ2v) is 7.21. The van der Waals surface area contributed by atoms with Gasteiger partial charge in [0.15, 0.2) is 0 Å². The molecular formula is C26H31N3O. The van der Waals surface area contributed by atoms with Gasteiger partial charge in [0, 0.05) is 22.9 Å². The predicted octanol–water partition coefficient (Wildman–Crippen LogP) is 5.49. The molecule has 2 aromatic rings. The molecule has 0 aromatic heterocycles. The van der Waals surface area contributed by atoms with Crippen LogP contribution in [0.25, 0.3) is 0 Å². The monoisotopic (exact) mass is 401 g/mol. The second kappa shape index (κ2) is 11.7. The van der Waals surface area contributed by atoms with Gasteiger partial charge in [-0.3, -0.25) is 10.2 Å². The number of benzene rings is 2. The van der Waals surface area contributed by atoms with Gasteiger partial charge >= 0.3 is 0 Å². The van der Waals surface area contributed by atoms with Crippen molar-refractivity contribution in [2.45, 2.75) is 25.8 Å². The van der Waals surface area contributed by atoms with E-state index in [9.17, 15) is 4.79 Å². The van der Waals surface area contributed by atoms with Gasteiger partial charge in [-0.15, -0.1) is 0 Å². The van der Waals surface area contributed by atoms with E-state index in [-0.39, 0.29) is 5.71 Å². The Morgan fingerprint density at radius 3 is 2.47 bits per heavy atom. The van der Waals surface area contributed by atoms with E-state index in [1.807, 2.05) is 19.1 Å². The minimum absolute atomic E-state index is 0.254. The number of hydrogen-bond acceptors (Lipinski definition) is 4. The summed E-state index contributed by atoms with van der Waals surface area (Å²) in [5.41, 5.74) is 9.68. The Morgan fingerprint density at radius 2 is 1.93 bits per heavy atom. The lowest BCUT2D eigenvalue weighted by Gasteiger charge is -2.15. The normalized spacial score (nSPS) is 14.5. The van der Waals surface area contributed by atoms with E-state index in [0.717, 1.165) is 12.2 Å². The zero-order valence-corrected chi connectivity index (χ0v) is 17.8. The van der Waals surface area contributed by atoms with Crippen LogP contribution in [-0.4, -0.2) is 19.0 Å². The first-order valence-electron chi connectivity index (χ1n) is 10.2. The molecule has 0 heterocycles. The van der Waals surface area contributed by atoms with Gasteiger partial charge in [-0.2, -0.15) is 0 Å². The Morgan fingerprint density at radius 1 is 1.23 bits per heavy atom. The van der Waals surface area contributed by atoms with Crippen molar-refractivity contribution in [3.63, 3.8) is 0 Å². The smallest absolute Gasteiger partial charge is 0.150 e. The molecule has 1 unspecified atom stereocenters. The summed E-state index contributed by atoms with van der Waals surface area (Å²) in [4.78, 5) is 10.7. The summed E-state index contributed by atoms with van der Waals surface area (Å²) in [6, 6.07) is 16.2. The molecule has 0 aliphatic heterocycles. The number of allylic oxidation sites excluding steroid dienone is 5. The van der Waals surface area contributed by atoms with Gasteiger partial charge in [0.2, 0.25) is 0 Å². The molecular weight excluding hydrogens is 370 g/mol. The lowest BCUT2D eigenvalue weighted by atomic mass is 9.98. The molecule has 1 fully saturated rings. The zero-order chi connectivity index (χ0) is 21.9. The van der Waals surface area contributed by atoms with Gasteiger partial charge < -0.3 is 11.1 Å². The third kappa shape index (κ3) is 6.39. The van der Waals surface area contributed by atoms with Crippen molar-refractivity contribution in [3.8, 4) is 0 Å². The lowest BCUT2D eigenvalue weighted by molar-refractivity contribution is 0.112. The Hall–Kier alpha value is -3.24. The first-order chi connectivity index (χ1) is 14.5. The summed E-state index contributed by atoms with van der Waals surface area (Å²) in [5, 5.41) is 11.5. The molecule has 0 radical (unpaired) electrons. The SMILES string of the molecule is C=C/C(=C\C=C/C)C(=N)c1cc(C=O)ccc1N.CNC(c1ccccc1)C1CC1. The van der Waals surface area contributed by atoms with Crippen LogP contribution in [0.5, 0.6) is 0 Å². The zero-order valence-electron chi connectivity index (χ0n) is 17.8. The van der Waals surface area contributed by atoms with Crippen LogP contribution in [0.4, 0.5) is 5.69 Å². The number of aldehydes is 1. The van der Waals surface area contributed by atoms with Crippen molar-refractivity contribution < 1.29 is 4.79 Å². The number of nitrogen functional groups attached to an aromatic ring is 1. The highest BCUT2D eigenvalue weighted by Crippen LogP contribution is 2.40. The van der Waals surface area contributed by atoms with E-state index in [1.54, 1.807) is 30.4 Å². The van der Waals surface area contributed by atoms with Crippen LogP contribution < -0.4 is 11.1 Å².